The van der Waals surface area contributed by atoms with E-state index in [9.17, 15) is 4.79 Å². The van der Waals surface area contributed by atoms with Crippen molar-refractivity contribution in [2.24, 2.45) is 11.8 Å². The molecule has 1 fully saturated rings. The first kappa shape index (κ1) is 12.0. The molecule has 92 valence electrons. The van der Waals surface area contributed by atoms with Gasteiger partial charge in [-0.05, 0) is 17.4 Å². The summed E-state index contributed by atoms with van der Waals surface area (Å²) >= 11 is 0. The van der Waals surface area contributed by atoms with Gasteiger partial charge >= 0.3 is 6.09 Å². The maximum Gasteiger partial charge on any atom is 0.410 e. The predicted octanol–water partition coefficient (Wildman–Crippen LogP) is 2.91. The lowest BCUT2D eigenvalue weighted by Crippen LogP contribution is -2.29. The lowest BCUT2D eigenvalue weighted by molar-refractivity contribution is 0.102. The van der Waals surface area contributed by atoms with E-state index in [4.69, 9.17) is 4.74 Å². The minimum atomic E-state index is -0.190. The molecule has 17 heavy (non-hydrogen) atoms. The SMILES string of the molecule is C[C@@H]1CN(C(=O)OCc2ccccc2)C[C@@H]1C. The van der Waals surface area contributed by atoms with Crippen LogP contribution in [0.2, 0.25) is 0 Å². The molecule has 1 aliphatic heterocycles. The molecule has 1 heterocycles. The van der Waals surface area contributed by atoms with Crippen molar-refractivity contribution in [1.29, 1.82) is 0 Å². The number of hydrogen-bond acceptors (Lipinski definition) is 2. The van der Waals surface area contributed by atoms with E-state index in [-0.39, 0.29) is 6.09 Å². The summed E-state index contributed by atoms with van der Waals surface area (Å²) in [6.45, 7) is 6.34. The van der Waals surface area contributed by atoms with E-state index in [1.807, 2.05) is 30.3 Å². The average Bonchev–Trinajstić information content (AvgIpc) is 2.68. The van der Waals surface area contributed by atoms with Crippen LogP contribution < -0.4 is 0 Å². The van der Waals surface area contributed by atoms with Crippen molar-refractivity contribution in [3.63, 3.8) is 0 Å². The molecule has 1 amide bonds. The number of hydrogen-bond donors (Lipinski definition) is 0. The quantitative estimate of drug-likeness (QED) is 0.786. The number of benzene rings is 1. The minimum absolute atomic E-state index is 0.190. The van der Waals surface area contributed by atoms with Gasteiger partial charge in [0.1, 0.15) is 6.61 Å². The summed E-state index contributed by atoms with van der Waals surface area (Å²) in [5.74, 6) is 1.14. The van der Waals surface area contributed by atoms with Crippen molar-refractivity contribution in [3.8, 4) is 0 Å². The third kappa shape index (κ3) is 2.99. The van der Waals surface area contributed by atoms with Gasteiger partial charge in [-0.25, -0.2) is 4.79 Å². The van der Waals surface area contributed by atoms with Crippen molar-refractivity contribution in [1.82, 2.24) is 4.90 Å². The van der Waals surface area contributed by atoms with Gasteiger partial charge < -0.3 is 9.64 Å². The summed E-state index contributed by atoms with van der Waals surface area (Å²) in [6.07, 6.45) is -0.190. The highest BCUT2D eigenvalue weighted by molar-refractivity contribution is 5.68. The van der Waals surface area contributed by atoms with Crippen LogP contribution in [0.25, 0.3) is 0 Å². The molecule has 0 aliphatic carbocycles. The van der Waals surface area contributed by atoms with E-state index in [1.165, 1.54) is 0 Å². The zero-order valence-corrected chi connectivity index (χ0v) is 10.4. The molecule has 3 nitrogen and oxygen atoms in total. The van der Waals surface area contributed by atoms with Crippen LogP contribution in [0, 0.1) is 11.8 Å². The minimum Gasteiger partial charge on any atom is -0.445 e. The van der Waals surface area contributed by atoms with Gasteiger partial charge in [0.15, 0.2) is 0 Å². The second kappa shape index (κ2) is 5.21. The monoisotopic (exact) mass is 233 g/mol. The Morgan fingerprint density at radius 3 is 2.41 bits per heavy atom. The molecular formula is C14H19NO2. The number of likely N-dealkylation sites (tertiary alicyclic amines) is 1. The zero-order chi connectivity index (χ0) is 12.3. The van der Waals surface area contributed by atoms with E-state index < -0.39 is 0 Å². The Morgan fingerprint density at radius 1 is 1.24 bits per heavy atom. The summed E-state index contributed by atoms with van der Waals surface area (Å²) in [4.78, 5) is 13.6. The molecule has 1 saturated heterocycles. The molecule has 0 bridgehead atoms. The molecule has 2 atom stereocenters. The van der Waals surface area contributed by atoms with Gasteiger partial charge in [0.05, 0.1) is 0 Å². The fourth-order valence-corrected chi connectivity index (χ4v) is 2.09. The number of nitrogens with zero attached hydrogens (tertiary/aromatic N) is 1. The van der Waals surface area contributed by atoms with Crippen molar-refractivity contribution in [2.75, 3.05) is 13.1 Å². The maximum atomic E-state index is 11.8. The molecule has 0 saturated carbocycles. The van der Waals surface area contributed by atoms with Crippen LogP contribution in [0.1, 0.15) is 19.4 Å². The van der Waals surface area contributed by atoms with Crippen LogP contribution in [0.4, 0.5) is 4.79 Å². The molecule has 0 unspecified atom stereocenters. The summed E-state index contributed by atoms with van der Waals surface area (Å²) in [5.41, 5.74) is 1.03. The van der Waals surface area contributed by atoms with Gasteiger partial charge in [0.25, 0.3) is 0 Å². The normalized spacial score (nSPS) is 23.8. The molecule has 0 aromatic heterocycles. The summed E-state index contributed by atoms with van der Waals surface area (Å²) in [7, 11) is 0. The van der Waals surface area contributed by atoms with Crippen LogP contribution in [-0.2, 0) is 11.3 Å². The standard InChI is InChI=1S/C14H19NO2/c1-11-8-15(9-12(11)2)14(16)17-10-13-6-4-3-5-7-13/h3-7,11-12H,8-10H2,1-2H3/t11-,12+. The fourth-order valence-electron chi connectivity index (χ4n) is 2.09. The Hall–Kier alpha value is -1.51. The van der Waals surface area contributed by atoms with Crippen molar-refractivity contribution < 1.29 is 9.53 Å². The summed E-state index contributed by atoms with van der Waals surface area (Å²) < 4.78 is 5.30. The maximum absolute atomic E-state index is 11.8. The first-order chi connectivity index (χ1) is 8.16. The van der Waals surface area contributed by atoms with Gasteiger partial charge in [-0.1, -0.05) is 44.2 Å². The highest BCUT2D eigenvalue weighted by atomic mass is 16.6. The first-order valence-corrected chi connectivity index (χ1v) is 6.12. The molecule has 0 N–H and O–H groups in total. The lowest BCUT2D eigenvalue weighted by Gasteiger charge is -2.15. The third-order valence-electron chi connectivity index (χ3n) is 3.45. The second-order valence-corrected chi connectivity index (χ2v) is 4.90. The Balaban J connectivity index is 1.82. The summed E-state index contributed by atoms with van der Waals surface area (Å²) in [6, 6.07) is 9.77. The van der Waals surface area contributed by atoms with Crippen LogP contribution in [0.5, 0.6) is 0 Å². The molecule has 3 heteroatoms. The Labute approximate surface area is 102 Å². The molecule has 2 rings (SSSR count). The van der Waals surface area contributed by atoms with Gasteiger partial charge in [0, 0.05) is 13.1 Å². The Morgan fingerprint density at radius 2 is 1.82 bits per heavy atom. The average molecular weight is 233 g/mol. The van der Waals surface area contributed by atoms with Gasteiger partial charge in [-0.2, -0.15) is 0 Å². The van der Waals surface area contributed by atoms with Crippen LogP contribution in [0.3, 0.4) is 0 Å². The van der Waals surface area contributed by atoms with Crippen molar-refractivity contribution in [3.05, 3.63) is 35.9 Å². The molecule has 0 spiro atoms. The van der Waals surface area contributed by atoms with E-state index in [1.54, 1.807) is 4.90 Å². The largest absolute Gasteiger partial charge is 0.445 e. The highest BCUT2D eigenvalue weighted by Gasteiger charge is 2.30. The number of carbonyl (C=O) groups excluding carboxylic acids is 1. The van der Waals surface area contributed by atoms with Gasteiger partial charge in [0.2, 0.25) is 0 Å². The zero-order valence-electron chi connectivity index (χ0n) is 10.4. The fraction of sp³-hybridized carbons (Fsp3) is 0.500. The van der Waals surface area contributed by atoms with E-state index in [2.05, 4.69) is 13.8 Å². The Kier molecular flexibility index (Phi) is 3.67. The lowest BCUT2D eigenvalue weighted by atomic mass is 10.0. The third-order valence-corrected chi connectivity index (χ3v) is 3.45. The van der Waals surface area contributed by atoms with Gasteiger partial charge in [-0.3, -0.25) is 0 Å². The molecule has 1 aliphatic rings. The van der Waals surface area contributed by atoms with Crippen LogP contribution in [0.15, 0.2) is 30.3 Å². The smallest absolute Gasteiger partial charge is 0.410 e. The van der Waals surface area contributed by atoms with E-state index >= 15 is 0 Å². The number of amides is 1. The van der Waals surface area contributed by atoms with Crippen LogP contribution >= 0.6 is 0 Å². The Bertz CT molecular complexity index is 367. The molecule has 0 radical (unpaired) electrons. The van der Waals surface area contributed by atoms with E-state index in [0.717, 1.165) is 18.7 Å². The van der Waals surface area contributed by atoms with Crippen molar-refractivity contribution in [2.45, 2.75) is 20.5 Å². The first-order valence-electron chi connectivity index (χ1n) is 6.12. The molecule has 1 aromatic carbocycles. The van der Waals surface area contributed by atoms with Crippen molar-refractivity contribution >= 4 is 6.09 Å². The molecular weight excluding hydrogens is 214 g/mol. The number of ether oxygens (including phenoxy) is 1. The summed E-state index contributed by atoms with van der Waals surface area (Å²) in [5, 5.41) is 0. The number of carbonyl (C=O) groups is 1. The predicted molar refractivity (Wildman–Crippen MR) is 66.5 cm³/mol. The van der Waals surface area contributed by atoms with Crippen LogP contribution in [-0.4, -0.2) is 24.1 Å². The number of rotatable bonds is 2. The second-order valence-electron chi connectivity index (χ2n) is 4.90. The topological polar surface area (TPSA) is 29.5 Å². The molecule has 1 aromatic rings. The highest BCUT2D eigenvalue weighted by Crippen LogP contribution is 2.22. The van der Waals surface area contributed by atoms with Gasteiger partial charge in [-0.15, -0.1) is 0 Å². The van der Waals surface area contributed by atoms with E-state index in [0.29, 0.717) is 18.4 Å².